The Balaban J connectivity index is 1.51. The second kappa shape index (κ2) is 7.71. The van der Waals surface area contributed by atoms with Gasteiger partial charge in [-0.25, -0.2) is 9.78 Å². The lowest BCUT2D eigenvalue weighted by molar-refractivity contribution is -0.123. The lowest BCUT2D eigenvalue weighted by Gasteiger charge is -2.19. The molecule has 2 aromatic carbocycles. The number of pyridine rings is 1. The molecule has 1 aliphatic carbocycles. The van der Waals surface area contributed by atoms with E-state index in [0.717, 1.165) is 0 Å². The van der Waals surface area contributed by atoms with Gasteiger partial charge in [0.15, 0.2) is 17.7 Å². The van der Waals surface area contributed by atoms with Crippen LogP contribution in [-0.4, -0.2) is 34.5 Å². The van der Waals surface area contributed by atoms with E-state index in [2.05, 4.69) is 10.3 Å². The molecule has 148 valence electrons. The third-order valence-corrected chi connectivity index (χ3v) is 4.72. The zero-order valence-corrected chi connectivity index (χ0v) is 15.9. The van der Waals surface area contributed by atoms with E-state index in [1.807, 2.05) is 0 Å². The summed E-state index contributed by atoms with van der Waals surface area (Å²) in [6.45, 7) is 1.43. The van der Waals surface area contributed by atoms with Crippen molar-refractivity contribution >= 4 is 29.1 Å². The number of hydrogen-bond donors (Lipinski definition) is 1. The minimum Gasteiger partial charge on any atom is -0.448 e. The van der Waals surface area contributed by atoms with Gasteiger partial charge in [0.1, 0.15) is 5.69 Å². The van der Waals surface area contributed by atoms with Crippen LogP contribution in [0.4, 0.5) is 5.69 Å². The first-order valence-corrected chi connectivity index (χ1v) is 9.21. The first kappa shape index (κ1) is 19.2. The fourth-order valence-corrected chi connectivity index (χ4v) is 3.18. The molecule has 0 spiro atoms. The van der Waals surface area contributed by atoms with Crippen molar-refractivity contribution in [2.24, 2.45) is 0 Å². The number of carbonyl (C=O) groups is 4. The highest BCUT2D eigenvalue weighted by molar-refractivity contribution is 6.28. The lowest BCUT2D eigenvalue weighted by atomic mass is 9.84. The van der Waals surface area contributed by atoms with Crippen LogP contribution in [0.1, 0.15) is 49.3 Å². The number of ketones is 2. The summed E-state index contributed by atoms with van der Waals surface area (Å²) in [6.07, 6.45) is 0.360. The number of amides is 1. The highest BCUT2D eigenvalue weighted by Gasteiger charge is 2.29. The summed E-state index contributed by atoms with van der Waals surface area (Å²) in [6, 6.07) is 15.9. The number of aromatic nitrogens is 1. The Morgan fingerprint density at radius 1 is 0.867 bits per heavy atom. The summed E-state index contributed by atoms with van der Waals surface area (Å²) in [5.74, 6) is -1.82. The van der Waals surface area contributed by atoms with Gasteiger partial charge in [-0.3, -0.25) is 14.4 Å². The van der Waals surface area contributed by atoms with E-state index in [0.29, 0.717) is 16.8 Å². The number of nitrogens with one attached hydrogen (secondary N) is 1. The van der Waals surface area contributed by atoms with Gasteiger partial charge in [-0.2, -0.15) is 0 Å². The van der Waals surface area contributed by atoms with Crippen molar-refractivity contribution in [3.05, 3.63) is 94.8 Å². The molecule has 1 atom stereocenters. The maximum Gasteiger partial charge on any atom is 0.357 e. The number of rotatable bonds is 4. The molecule has 1 heterocycles. The molecule has 7 heteroatoms. The van der Waals surface area contributed by atoms with Crippen LogP contribution in [0.15, 0.2) is 66.9 Å². The van der Waals surface area contributed by atoms with Gasteiger partial charge < -0.3 is 10.1 Å². The van der Waals surface area contributed by atoms with Crippen molar-refractivity contribution in [3.8, 4) is 0 Å². The topological polar surface area (TPSA) is 102 Å². The summed E-state index contributed by atoms with van der Waals surface area (Å²) in [5, 5.41) is 2.61. The molecule has 1 aromatic heterocycles. The number of esters is 1. The van der Waals surface area contributed by atoms with Crippen LogP contribution in [0, 0.1) is 0 Å². The van der Waals surface area contributed by atoms with Gasteiger partial charge in [0, 0.05) is 34.1 Å². The molecule has 0 saturated heterocycles. The molecule has 4 rings (SSSR count). The molecule has 3 aromatic rings. The quantitative estimate of drug-likeness (QED) is 0.528. The average Bonchev–Trinajstić information content (AvgIpc) is 2.78. The van der Waals surface area contributed by atoms with Gasteiger partial charge in [0.05, 0.1) is 0 Å². The van der Waals surface area contributed by atoms with E-state index < -0.39 is 18.0 Å². The van der Waals surface area contributed by atoms with Gasteiger partial charge in [-0.1, -0.05) is 30.3 Å². The van der Waals surface area contributed by atoms with Crippen LogP contribution in [0.25, 0.3) is 0 Å². The van der Waals surface area contributed by atoms with Crippen LogP contribution in [-0.2, 0) is 9.53 Å². The molecule has 0 saturated carbocycles. The zero-order chi connectivity index (χ0) is 21.3. The number of ether oxygens (including phenoxy) is 1. The van der Waals surface area contributed by atoms with Gasteiger partial charge in [0.2, 0.25) is 0 Å². The molecular formula is C23H16N2O5. The molecular weight excluding hydrogens is 384 g/mol. The summed E-state index contributed by atoms with van der Waals surface area (Å²) in [7, 11) is 0. The number of hydrogen-bond acceptors (Lipinski definition) is 6. The van der Waals surface area contributed by atoms with E-state index in [1.54, 1.807) is 36.4 Å². The Bertz CT molecular complexity index is 1190. The van der Waals surface area contributed by atoms with E-state index in [4.69, 9.17) is 4.74 Å². The third kappa shape index (κ3) is 3.48. The fourth-order valence-electron chi connectivity index (χ4n) is 3.18. The second-order valence-electron chi connectivity index (χ2n) is 6.72. The number of carbonyl (C=O) groups excluding carboxylic acids is 4. The van der Waals surface area contributed by atoms with Crippen molar-refractivity contribution in [1.82, 2.24) is 4.98 Å². The molecule has 1 amide bonds. The minimum absolute atomic E-state index is 0.0914. The molecule has 0 fully saturated rings. The van der Waals surface area contributed by atoms with Crippen LogP contribution < -0.4 is 5.32 Å². The number of anilines is 1. The molecule has 0 radical (unpaired) electrons. The van der Waals surface area contributed by atoms with Crippen molar-refractivity contribution < 1.29 is 23.9 Å². The first-order valence-electron chi connectivity index (χ1n) is 9.21. The van der Waals surface area contributed by atoms with E-state index in [1.165, 1.54) is 37.4 Å². The molecule has 0 bridgehead atoms. The van der Waals surface area contributed by atoms with Crippen LogP contribution in [0.3, 0.4) is 0 Å². The Hall–Kier alpha value is -4.13. The Morgan fingerprint density at radius 3 is 2.17 bits per heavy atom. The minimum atomic E-state index is -1.09. The third-order valence-electron chi connectivity index (χ3n) is 4.72. The molecule has 30 heavy (non-hydrogen) atoms. The molecule has 0 unspecified atom stereocenters. The van der Waals surface area contributed by atoms with Gasteiger partial charge >= 0.3 is 5.97 Å². The Labute approximate surface area is 171 Å². The van der Waals surface area contributed by atoms with Gasteiger partial charge in [0.25, 0.3) is 5.91 Å². The number of nitrogens with zero attached hydrogens (tertiary/aromatic N) is 1. The standard InChI is InChI=1S/C23H16N2O5/c1-13(30-23(29)19-8-4-5-11-24-19)22(28)25-14-9-10-17-18(12-14)21(27)16-7-3-2-6-15(16)20(17)26/h2-13H,1H3,(H,25,28)/t13-/m0/s1. The second-order valence-corrected chi connectivity index (χ2v) is 6.72. The average molecular weight is 400 g/mol. The summed E-state index contributed by atoms with van der Waals surface area (Å²) in [5.41, 5.74) is 1.60. The van der Waals surface area contributed by atoms with Crippen molar-refractivity contribution in [1.29, 1.82) is 0 Å². The maximum atomic E-state index is 12.8. The monoisotopic (exact) mass is 400 g/mol. The summed E-state index contributed by atoms with van der Waals surface area (Å²) < 4.78 is 5.13. The highest BCUT2D eigenvalue weighted by Crippen LogP contribution is 2.29. The van der Waals surface area contributed by atoms with Crippen molar-refractivity contribution in [2.45, 2.75) is 13.0 Å². The predicted octanol–water partition coefficient (Wildman–Crippen LogP) is 3.04. The number of fused-ring (bicyclic) bond motifs is 2. The van der Waals surface area contributed by atoms with Crippen molar-refractivity contribution in [3.63, 3.8) is 0 Å². The molecule has 1 N–H and O–H groups in total. The summed E-state index contributed by atoms with van der Waals surface area (Å²) >= 11 is 0. The van der Waals surface area contributed by atoms with E-state index >= 15 is 0 Å². The molecule has 7 nitrogen and oxygen atoms in total. The lowest BCUT2D eigenvalue weighted by Crippen LogP contribution is -2.30. The van der Waals surface area contributed by atoms with Gasteiger partial charge in [-0.15, -0.1) is 0 Å². The van der Waals surface area contributed by atoms with E-state index in [9.17, 15) is 19.2 Å². The van der Waals surface area contributed by atoms with Gasteiger partial charge in [-0.05, 0) is 37.3 Å². The van der Waals surface area contributed by atoms with Crippen LogP contribution in [0.2, 0.25) is 0 Å². The molecule has 1 aliphatic rings. The summed E-state index contributed by atoms with van der Waals surface area (Å²) in [4.78, 5) is 53.8. The van der Waals surface area contributed by atoms with Crippen LogP contribution >= 0.6 is 0 Å². The zero-order valence-electron chi connectivity index (χ0n) is 15.9. The largest absolute Gasteiger partial charge is 0.448 e. The highest BCUT2D eigenvalue weighted by atomic mass is 16.5. The Morgan fingerprint density at radius 2 is 1.50 bits per heavy atom. The molecule has 0 aliphatic heterocycles. The normalized spacial score (nSPS) is 13.1. The Kier molecular flexibility index (Phi) is 4.93. The SMILES string of the molecule is C[C@H](OC(=O)c1ccccn1)C(=O)Nc1ccc2c(c1)C(=O)c1ccccc1C2=O. The maximum absolute atomic E-state index is 12.8. The number of benzene rings is 2. The van der Waals surface area contributed by atoms with Crippen molar-refractivity contribution in [2.75, 3.05) is 5.32 Å². The fraction of sp³-hybridized carbons (Fsp3) is 0.0870. The predicted molar refractivity (Wildman–Crippen MR) is 107 cm³/mol. The van der Waals surface area contributed by atoms with E-state index in [-0.39, 0.29) is 28.4 Å². The first-order chi connectivity index (χ1) is 14.5. The van der Waals surface area contributed by atoms with Crippen LogP contribution in [0.5, 0.6) is 0 Å². The smallest absolute Gasteiger partial charge is 0.357 e.